The van der Waals surface area contributed by atoms with Crippen LogP contribution in [0, 0.1) is 5.82 Å². The van der Waals surface area contributed by atoms with E-state index in [1.807, 2.05) is 30.3 Å². The van der Waals surface area contributed by atoms with Gasteiger partial charge in [0, 0.05) is 11.6 Å². The normalized spacial score (nSPS) is 15.9. The molecule has 4 nitrogen and oxygen atoms in total. The zero-order valence-corrected chi connectivity index (χ0v) is 14.6. The van der Waals surface area contributed by atoms with Crippen molar-refractivity contribution in [1.82, 2.24) is 10.6 Å². The molecular formula is C21H23FN2O2. The zero-order valence-electron chi connectivity index (χ0n) is 14.6. The third-order valence-electron chi connectivity index (χ3n) is 4.73. The Kier molecular flexibility index (Phi) is 6.00. The van der Waals surface area contributed by atoms with E-state index in [9.17, 15) is 14.0 Å². The Balaban J connectivity index is 1.75. The zero-order chi connectivity index (χ0) is 18.4. The summed E-state index contributed by atoms with van der Waals surface area (Å²) < 4.78 is 13.1. The van der Waals surface area contributed by atoms with Gasteiger partial charge >= 0.3 is 0 Å². The Morgan fingerprint density at radius 1 is 0.923 bits per heavy atom. The van der Waals surface area contributed by atoms with Crippen LogP contribution in [0.1, 0.15) is 54.1 Å². The Labute approximate surface area is 152 Å². The first-order chi connectivity index (χ1) is 12.6. The molecule has 0 bridgehead atoms. The molecule has 0 saturated heterocycles. The molecule has 26 heavy (non-hydrogen) atoms. The number of halogens is 1. The Hall–Kier alpha value is -2.69. The summed E-state index contributed by atoms with van der Waals surface area (Å²) in [5, 5.41) is 5.85. The van der Waals surface area contributed by atoms with Gasteiger partial charge < -0.3 is 10.6 Å². The third-order valence-corrected chi connectivity index (χ3v) is 4.73. The lowest BCUT2D eigenvalue weighted by atomic mass is 9.95. The predicted molar refractivity (Wildman–Crippen MR) is 98.1 cm³/mol. The van der Waals surface area contributed by atoms with Crippen molar-refractivity contribution in [2.75, 3.05) is 0 Å². The molecule has 1 unspecified atom stereocenters. The number of carbonyl (C=O) groups is 2. The lowest BCUT2D eigenvalue weighted by Gasteiger charge is -2.26. The number of hydrogen-bond donors (Lipinski definition) is 2. The average molecular weight is 354 g/mol. The summed E-state index contributed by atoms with van der Waals surface area (Å²) >= 11 is 0. The topological polar surface area (TPSA) is 58.2 Å². The van der Waals surface area contributed by atoms with Crippen molar-refractivity contribution in [2.45, 2.75) is 44.2 Å². The second-order valence-electron chi connectivity index (χ2n) is 6.67. The van der Waals surface area contributed by atoms with E-state index in [0.29, 0.717) is 5.56 Å². The maximum Gasteiger partial charge on any atom is 0.252 e. The highest BCUT2D eigenvalue weighted by Gasteiger charge is 2.26. The number of rotatable bonds is 5. The average Bonchev–Trinajstić information content (AvgIpc) is 2.68. The second kappa shape index (κ2) is 8.61. The molecule has 1 saturated carbocycles. The molecule has 1 atom stereocenters. The van der Waals surface area contributed by atoms with E-state index in [1.54, 1.807) is 0 Å². The summed E-state index contributed by atoms with van der Waals surface area (Å²) in [6.45, 7) is 0. The summed E-state index contributed by atoms with van der Waals surface area (Å²) in [5.41, 5.74) is 1.04. The minimum Gasteiger partial charge on any atom is -0.351 e. The molecule has 0 radical (unpaired) electrons. The first-order valence-electron chi connectivity index (χ1n) is 9.05. The standard InChI is InChI=1S/C21H23FN2O2/c22-17-13-11-16(12-14-17)20(25)24-19(15-7-3-1-4-8-15)21(26)23-18-9-5-2-6-10-18/h1,3-4,7-8,11-14,18-19H,2,5-6,9-10H2,(H,23,26)(H,24,25). The molecule has 136 valence electrons. The third kappa shape index (κ3) is 4.69. The van der Waals surface area contributed by atoms with Gasteiger partial charge in [-0.15, -0.1) is 0 Å². The van der Waals surface area contributed by atoms with Gasteiger partial charge in [0.05, 0.1) is 0 Å². The van der Waals surface area contributed by atoms with E-state index in [1.165, 1.54) is 30.7 Å². The number of nitrogens with one attached hydrogen (secondary N) is 2. The highest BCUT2D eigenvalue weighted by atomic mass is 19.1. The minimum atomic E-state index is -0.782. The number of carbonyl (C=O) groups excluding carboxylic acids is 2. The Morgan fingerprint density at radius 3 is 2.23 bits per heavy atom. The SMILES string of the molecule is O=C(NC(C(=O)NC1CCCCC1)c1ccccc1)c1ccc(F)cc1. The second-order valence-corrected chi connectivity index (χ2v) is 6.67. The van der Waals surface area contributed by atoms with E-state index < -0.39 is 17.8 Å². The summed E-state index contributed by atoms with van der Waals surface area (Å²) in [6.07, 6.45) is 5.37. The van der Waals surface area contributed by atoms with Crippen LogP contribution in [0.4, 0.5) is 4.39 Å². The van der Waals surface area contributed by atoms with Gasteiger partial charge in [0.25, 0.3) is 5.91 Å². The maximum atomic E-state index is 13.1. The molecule has 0 heterocycles. The Bertz CT molecular complexity index is 740. The quantitative estimate of drug-likeness (QED) is 0.859. The van der Waals surface area contributed by atoms with Gasteiger partial charge in [0.15, 0.2) is 0 Å². The molecule has 2 N–H and O–H groups in total. The van der Waals surface area contributed by atoms with Crippen molar-refractivity contribution in [3.05, 3.63) is 71.5 Å². The van der Waals surface area contributed by atoms with Gasteiger partial charge in [-0.1, -0.05) is 49.6 Å². The molecular weight excluding hydrogens is 331 g/mol. The molecule has 0 aliphatic heterocycles. The first-order valence-corrected chi connectivity index (χ1v) is 9.05. The molecule has 1 fully saturated rings. The van der Waals surface area contributed by atoms with E-state index in [2.05, 4.69) is 10.6 Å². The minimum absolute atomic E-state index is 0.158. The van der Waals surface area contributed by atoms with Gasteiger partial charge in [-0.05, 0) is 42.7 Å². The number of benzene rings is 2. The Morgan fingerprint density at radius 2 is 1.58 bits per heavy atom. The van der Waals surface area contributed by atoms with Crippen LogP contribution in [-0.2, 0) is 4.79 Å². The van der Waals surface area contributed by atoms with E-state index >= 15 is 0 Å². The predicted octanol–water partition coefficient (Wildman–Crippen LogP) is 3.75. The van der Waals surface area contributed by atoms with Crippen molar-refractivity contribution in [3.8, 4) is 0 Å². The fourth-order valence-corrected chi connectivity index (χ4v) is 3.29. The first kappa shape index (κ1) is 18.1. The summed E-state index contributed by atoms with van der Waals surface area (Å²) in [7, 11) is 0. The molecule has 5 heteroatoms. The number of hydrogen-bond acceptors (Lipinski definition) is 2. The lowest BCUT2D eigenvalue weighted by Crippen LogP contribution is -2.45. The van der Waals surface area contributed by atoms with Crippen LogP contribution < -0.4 is 10.6 Å². The smallest absolute Gasteiger partial charge is 0.252 e. The number of amides is 2. The fraction of sp³-hybridized carbons (Fsp3) is 0.333. The van der Waals surface area contributed by atoms with Crippen molar-refractivity contribution >= 4 is 11.8 Å². The highest BCUT2D eigenvalue weighted by molar-refractivity contribution is 5.97. The highest BCUT2D eigenvalue weighted by Crippen LogP contribution is 2.20. The van der Waals surface area contributed by atoms with Gasteiger partial charge in [0.1, 0.15) is 11.9 Å². The van der Waals surface area contributed by atoms with Crippen molar-refractivity contribution in [2.24, 2.45) is 0 Å². The van der Waals surface area contributed by atoms with Crippen LogP contribution in [-0.4, -0.2) is 17.9 Å². The van der Waals surface area contributed by atoms with Crippen LogP contribution in [0.3, 0.4) is 0 Å². The molecule has 3 rings (SSSR count). The van der Waals surface area contributed by atoms with Crippen LogP contribution in [0.15, 0.2) is 54.6 Å². The summed E-state index contributed by atoms with van der Waals surface area (Å²) in [4.78, 5) is 25.4. The summed E-state index contributed by atoms with van der Waals surface area (Å²) in [5.74, 6) is -1.02. The fourth-order valence-electron chi connectivity index (χ4n) is 3.29. The van der Waals surface area contributed by atoms with Gasteiger partial charge in [-0.25, -0.2) is 4.39 Å². The van der Waals surface area contributed by atoms with Crippen molar-refractivity contribution in [3.63, 3.8) is 0 Å². The van der Waals surface area contributed by atoms with Crippen molar-refractivity contribution < 1.29 is 14.0 Å². The van der Waals surface area contributed by atoms with Crippen LogP contribution in [0.2, 0.25) is 0 Å². The van der Waals surface area contributed by atoms with Gasteiger partial charge in [-0.3, -0.25) is 9.59 Å². The molecule has 0 spiro atoms. The summed E-state index contributed by atoms with van der Waals surface area (Å²) in [6, 6.07) is 13.8. The van der Waals surface area contributed by atoms with Crippen molar-refractivity contribution in [1.29, 1.82) is 0 Å². The van der Waals surface area contributed by atoms with E-state index in [0.717, 1.165) is 31.2 Å². The lowest BCUT2D eigenvalue weighted by molar-refractivity contribution is -0.124. The molecule has 2 aromatic carbocycles. The van der Waals surface area contributed by atoms with Gasteiger partial charge in [-0.2, -0.15) is 0 Å². The molecule has 0 aromatic heterocycles. The van der Waals surface area contributed by atoms with E-state index in [4.69, 9.17) is 0 Å². The van der Waals surface area contributed by atoms with Crippen LogP contribution >= 0.6 is 0 Å². The molecule has 1 aliphatic carbocycles. The molecule has 2 aromatic rings. The maximum absolute atomic E-state index is 13.1. The van der Waals surface area contributed by atoms with Crippen LogP contribution in [0.25, 0.3) is 0 Å². The van der Waals surface area contributed by atoms with Crippen LogP contribution in [0.5, 0.6) is 0 Å². The largest absolute Gasteiger partial charge is 0.351 e. The molecule has 1 aliphatic rings. The van der Waals surface area contributed by atoms with Gasteiger partial charge in [0.2, 0.25) is 5.91 Å². The van der Waals surface area contributed by atoms with E-state index in [-0.39, 0.29) is 11.9 Å². The monoisotopic (exact) mass is 354 g/mol. The molecule has 2 amide bonds.